The highest BCUT2D eigenvalue weighted by Crippen LogP contribution is 2.61. The molecule has 0 bridgehead atoms. The average Bonchev–Trinajstić information content (AvgIpc) is 3.22. The van der Waals surface area contributed by atoms with Crippen LogP contribution in [0.25, 0.3) is 0 Å². The number of rotatable bonds is 6. The summed E-state index contributed by atoms with van der Waals surface area (Å²) in [4.78, 5) is 0. The Bertz CT molecular complexity index is 611. The zero-order valence-electron chi connectivity index (χ0n) is 12.7. The third kappa shape index (κ3) is 3.02. The van der Waals surface area contributed by atoms with Gasteiger partial charge in [0, 0.05) is 11.8 Å². The lowest BCUT2D eigenvalue weighted by atomic mass is 9.92. The van der Waals surface area contributed by atoms with Crippen molar-refractivity contribution in [3.63, 3.8) is 0 Å². The maximum Gasteiger partial charge on any atom is 0.150 e. The molecule has 4 atom stereocenters. The molecular formula is C17H25NO2S. The third-order valence-electron chi connectivity index (χ3n) is 5.32. The summed E-state index contributed by atoms with van der Waals surface area (Å²) in [5, 5.41) is 0. The molecule has 0 amide bonds. The van der Waals surface area contributed by atoms with Gasteiger partial charge in [0.2, 0.25) is 0 Å². The van der Waals surface area contributed by atoms with Crippen molar-refractivity contribution in [2.45, 2.75) is 44.6 Å². The number of fused-ring (bicyclic) bond motifs is 3. The Kier molecular flexibility index (Phi) is 4.10. The highest BCUT2D eigenvalue weighted by atomic mass is 32.2. The molecule has 1 aromatic carbocycles. The Labute approximate surface area is 127 Å². The summed E-state index contributed by atoms with van der Waals surface area (Å²) in [5.74, 6) is 2.46. The molecule has 1 saturated carbocycles. The molecule has 0 heterocycles. The molecule has 21 heavy (non-hydrogen) atoms. The number of sulfone groups is 1. The van der Waals surface area contributed by atoms with Crippen LogP contribution in [0.1, 0.15) is 43.2 Å². The van der Waals surface area contributed by atoms with Crippen LogP contribution < -0.4 is 5.73 Å². The number of aryl methyl sites for hydroxylation is 1. The minimum absolute atomic E-state index is 0.151. The van der Waals surface area contributed by atoms with Gasteiger partial charge in [-0.05, 0) is 54.6 Å². The fourth-order valence-corrected chi connectivity index (χ4v) is 4.97. The molecule has 2 aliphatic rings. The van der Waals surface area contributed by atoms with E-state index in [1.54, 1.807) is 6.92 Å². The highest BCUT2D eigenvalue weighted by Gasteiger charge is 2.55. The van der Waals surface area contributed by atoms with Crippen LogP contribution in [0.4, 0.5) is 0 Å². The minimum Gasteiger partial charge on any atom is -0.327 e. The second kappa shape index (κ2) is 5.73. The minimum atomic E-state index is -2.85. The molecule has 0 aliphatic heterocycles. The van der Waals surface area contributed by atoms with Crippen molar-refractivity contribution in [3.8, 4) is 0 Å². The van der Waals surface area contributed by atoms with Crippen molar-refractivity contribution in [1.82, 2.24) is 0 Å². The van der Waals surface area contributed by atoms with Crippen molar-refractivity contribution < 1.29 is 8.42 Å². The Morgan fingerprint density at radius 1 is 1.33 bits per heavy atom. The molecule has 0 radical (unpaired) electrons. The summed E-state index contributed by atoms with van der Waals surface area (Å²) in [5.41, 5.74) is 9.36. The standard InChI is InChI=1S/C17H25NO2S/c1-2-21(19,20)11-5-8-15(18)17-14-10-9-12-6-3-4-7-13(12)16(14)17/h3-4,6-7,14-17H,2,5,8-11,18H2,1H3. The van der Waals surface area contributed by atoms with Crippen LogP contribution in [0.2, 0.25) is 0 Å². The molecule has 0 saturated heterocycles. The Balaban J connectivity index is 1.58. The molecule has 1 aromatic rings. The smallest absolute Gasteiger partial charge is 0.150 e. The van der Waals surface area contributed by atoms with E-state index in [1.807, 2.05) is 0 Å². The van der Waals surface area contributed by atoms with Crippen LogP contribution in [0.5, 0.6) is 0 Å². The van der Waals surface area contributed by atoms with Gasteiger partial charge in [0.1, 0.15) is 9.84 Å². The quantitative estimate of drug-likeness (QED) is 0.878. The molecule has 3 rings (SSSR count). The SMILES string of the molecule is CCS(=O)(=O)CCCC(N)C1C2CCc3ccccc3C21. The zero-order valence-corrected chi connectivity index (χ0v) is 13.5. The number of nitrogens with two attached hydrogens (primary N) is 1. The van der Waals surface area contributed by atoms with E-state index in [-0.39, 0.29) is 17.5 Å². The van der Waals surface area contributed by atoms with Gasteiger partial charge in [0.05, 0.1) is 5.75 Å². The summed E-state index contributed by atoms with van der Waals surface area (Å²) in [6, 6.07) is 8.88. The Hall–Kier alpha value is -0.870. The monoisotopic (exact) mass is 307 g/mol. The normalized spacial score (nSPS) is 28.6. The van der Waals surface area contributed by atoms with Crippen molar-refractivity contribution in [2.24, 2.45) is 17.6 Å². The van der Waals surface area contributed by atoms with E-state index >= 15 is 0 Å². The van der Waals surface area contributed by atoms with Gasteiger partial charge in [0.25, 0.3) is 0 Å². The van der Waals surface area contributed by atoms with Gasteiger partial charge in [-0.25, -0.2) is 8.42 Å². The number of hydrogen-bond donors (Lipinski definition) is 1. The van der Waals surface area contributed by atoms with Crippen LogP contribution in [0.15, 0.2) is 24.3 Å². The molecule has 116 valence electrons. The topological polar surface area (TPSA) is 60.2 Å². The molecule has 2 N–H and O–H groups in total. The van der Waals surface area contributed by atoms with Crippen LogP contribution in [-0.2, 0) is 16.3 Å². The first-order valence-corrected chi connectivity index (χ1v) is 9.89. The van der Waals surface area contributed by atoms with E-state index in [9.17, 15) is 8.42 Å². The molecule has 0 spiro atoms. The summed E-state index contributed by atoms with van der Waals surface area (Å²) < 4.78 is 23.1. The second-order valence-electron chi connectivity index (χ2n) is 6.55. The molecule has 0 aromatic heterocycles. The summed E-state index contributed by atoms with van der Waals surface area (Å²) in [7, 11) is -2.85. The maximum absolute atomic E-state index is 11.5. The third-order valence-corrected chi connectivity index (χ3v) is 7.11. The van der Waals surface area contributed by atoms with Gasteiger partial charge in [-0.3, -0.25) is 0 Å². The van der Waals surface area contributed by atoms with Gasteiger partial charge < -0.3 is 5.73 Å². The first-order chi connectivity index (χ1) is 10.0. The fraction of sp³-hybridized carbons (Fsp3) is 0.647. The summed E-state index contributed by atoms with van der Waals surface area (Å²) in [6.07, 6.45) is 3.95. The number of benzene rings is 1. The molecule has 2 aliphatic carbocycles. The Morgan fingerprint density at radius 2 is 2.10 bits per heavy atom. The van der Waals surface area contributed by atoms with Crippen molar-refractivity contribution in [2.75, 3.05) is 11.5 Å². The summed E-state index contributed by atoms with van der Waals surface area (Å²) >= 11 is 0. The lowest BCUT2D eigenvalue weighted by Crippen LogP contribution is -2.25. The first-order valence-electron chi connectivity index (χ1n) is 8.07. The largest absolute Gasteiger partial charge is 0.327 e. The second-order valence-corrected chi connectivity index (χ2v) is 9.02. The lowest BCUT2D eigenvalue weighted by Gasteiger charge is -2.13. The van der Waals surface area contributed by atoms with Crippen molar-refractivity contribution >= 4 is 9.84 Å². The van der Waals surface area contributed by atoms with Gasteiger partial charge in [-0.2, -0.15) is 0 Å². The fourth-order valence-electron chi connectivity index (χ4n) is 4.08. The van der Waals surface area contributed by atoms with Gasteiger partial charge in [-0.15, -0.1) is 0 Å². The molecule has 1 fully saturated rings. The molecule has 4 heteroatoms. The van der Waals surface area contributed by atoms with E-state index < -0.39 is 9.84 Å². The van der Waals surface area contributed by atoms with Crippen molar-refractivity contribution in [3.05, 3.63) is 35.4 Å². The molecule has 4 unspecified atom stereocenters. The zero-order chi connectivity index (χ0) is 15.0. The highest BCUT2D eigenvalue weighted by molar-refractivity contribution is 7.91. The maximum atomic E-state index is 11.5. The van der Waals surface area contributed by atoms with E-state index in [4.69, 9.17) is 5.73 Å². The summed E-state index contributed by atoms with van der Waals surface area (Å²) in [6.45, 7) is 1.71. The van der Waals surface area contributed by atoms with E-state index in [0.29, 0.717) is 18.3 Å². The van der Waals surface area contributed by atoms with E-state index in [2.05, 4.69) is 24.3 Å². The Morgan fingerprint density at radius 3 is 2.86 bits per heavy atom. The van der Waals surface area contributed by atoms with E-state index in [0.717, 1.165) is 12.3 Å². The molecular weight excluding hydrogens is 282 g/mol. The van der Waals surface area contributed by atoms with Gasteiger partial charge in [0.15, 0.2) is 0 Å². The number of hydrogen-bond acceptors (Lipinski definition) is 3. The average molecular weight is 307 g/mol. The van der Waals surface area contributed by atoms with E-state index in [1.165, 1.54) is 24.0 Å². The van der Waals surface area contributed by atoms with Crippen LogP contribution in [0, 0.1) is 11.8 Å². The van der Waals surface area contributed by atoms with Crippen LogP contribution in [0.3, 0.4) is 0 Å². The molecule has 3 nitrogen and oxygen atoms in total. The van der Waals surface area contributed by atoms with Gasteiger partial charge in [-0.1, -0.05) is 31.2 Å². The lowest BCUT2D eigenvalue weighted by molar-refractivity contribution is 0.497. The predicted molar refractivity (Wildman–Crippen MR) is 86.0 cm³/mol. The predicted octanol–water partition coefficient (Wildman–Crippen LogP) is 2.50. The van der Waals surface area contributed by atoms with Gasteiger partial charge >= 0.3 is 0 Å². The van der Waals surface area contributed by atoms with Crippen LogP contribution >= 0.6 is 0 Å². The first kappa shape index (κ1) is 15.0. The van der Waals surface area contributed by atoms with Crippen molar-refractivity contribution in [1.29, 1.82) is 0 Å². The van der Waals surface area contributed by atoms with Crippen LogP contribution in [-0.4, -0.2) is 26.0 Å².